The van der Waals surface area contributed by atoms with E-state index < -0.39 is 28.4 Å². The number of nitrogens with two attached hydrogens (primary N) is 1. The van der Waals surface area contributed by atoms with E-state index in [1.54, 1.807) is 42.5 Å². The SMILES string of the molecule is COc1ccc(C2c3c([nH]c(=O)[nH]c3=O)N(c3ccc(C(=O)c4ccc(N)cc4)cc3)c3[nH]c(=O)[nH]c(=O)c32)cc1O. The van der Waals surface area contributed by atoms with Crippen molar-refractivity contribution in [2.45, 2.75) is 5.92 Å². The fourth-order valence-electron chi connectivity index (χ4n) is 5.15. The molecule has 3 heterocycles. The molecule has 0 saturated heterocycles. The van der Waals surface area contributed by atoms with Crippen molar-refractivity contribution in [2.24, 2.45) is 0 Å². The maximum atomic E-state index is 13.3. The molecule has 0 saturated carbocycles. The van der Waals surface area contributed by atoms with Gasteiger partial charge in [0, 0.05) is 22.5 Å². The number of anilines is 4. The summed E-state index contributed by atoms with van der Waals surface area (Å²) in [5, 5.41) is 10.5. The number of rotatable bonds is 5. The Morgan fingerprint density at radius 2 is 1.31 bits per heavy atom. The Balaban J connectivity index is 1.56. The van der Waals surface area contributed by atoms with Crippen LogP contribution in [0, 0.1) is 0 Å². The number of aromatic nitrogens is 4. The number of ketones is 1. The van der Waals surface area contributed by atoms with Gasteiger partial charge >= 0.3 is 11.4 Å². The molecule has 1 aliphatic heterocycles. The summed E-state index contributed by atoms with van der Waals surface area (Å²) >= 11 is 0. The number of benzene rings is 3. The van der Waals surface area contributed by atoms with Gasteiger partial charge in [-0.15, -0.1) is 0 Å². The minimum Gasteiger partial charge on any atom is -0.504 e. The number of fused-ring (bicyclic) bond motifs is 2. The number of phenolic OH excluding ortho intramolecular Hbond substituents is 1. The van der Waals surface area contributed by atoms with E-state index >= 15 is 0 Å². The van der Waals surface area contributed by atoms with Crippen molar-refractivity contribution >= 4 is 28.8 Å². The zero-order valence-corrected chi connectivity index (χ0v) is 21.8. The van der Waals surface area contributed by atoms with E-state index in [4.69, 9.17) is 10.5 Å². The van der Waals surface area contributed by atoms with Crippen LogP contribution >= 0.6 is 0 Å². The molecule has 6 rings (SSSR count). The zero-order chi connectivity index (χ0) is 29.7. The lowest BCUT2D eigenvalue weighted by Crippen LogP contribution is -2.40. The lowest BCUT2D eigenvalue weighted by Gasteiger charge is -2.35. The van der Waals surface area contributed by atoms with Crippen molar-refractivity contribution < 1.29 is 14.6 Å². The first-order valence-corrected chi connectivity index (χ1v) is 12.6. The average molecular weight is 567 g/mol. The normalized spacial score (nSPS) is 12.5. The molecular weight excluding hydrogens is 544 g/mol. The molecule has 0 amide bonds. The van der Waals surface area contributed by atoms with E-state index in [9.17, 15) is 29.1 Å². The zero-order valence-electron chi connectivity index (χ0n) is 21.8. The highest BCUT2D eigenvalue weighted by Gasteiger charge is 2.39. The number of hydrogen-bond donors (Lipinski definition) is 6. The van der Waals surface area contributed by atoms with E-state index in [1.165, 1.54) is 36.3 Å². The smallest absolute Gasteiger partial charge is 0.327 e. The lowest BCUT2D eigenvalue weighted by molar-refractivity contribution is 0.103. The summed E-state index contributed by atoms with van der Waals surface area (Å²) < 4.78 is 5.12. The molecule has 5 aromatic rings. The average Bonchev–Trinajstić information content (AvgIpc) is 2.96. The second-order valence-electron chi connectivity index (χ2n) is 9.54. The standard InChI is InChI=1S/C29H22N6O7/c1-42-19-11-6-15(12-18(19)36)20-21-24(31-28(40)33-26(21)38)35(25-22(20)27(39)34-29(41)32-25)17-9-4-14(5-10-17)23(37)13-2-7-16(30)8-3-13/h2-12,20,36H,30H2,1H3,(H2,31,33,38,40)(H2,32,34,39,41). The third kappa shape index (κ3) is 4.25. The second-order valence-corrected chi connectivity index (χ2v) is 9.54. The van der Waals surface area contributed by atoms with Crippen molar-refractivity contribution in [2.75, 3.05) is 17.7 Å². The Bertz CT molecular complexity index is 2030. The van der Waals surface area contributed by atoms with Gasteiger partial charge < -0.3 is 15.6 Å². The molecule has 0 spiro atoms. The van der Waals surface area contributed by atoms with Crippen molar-refractivity contribution in [1.29, 1.82) is 0 Å². The van der Waals surface area contributed by atoms with Crippen LogP contribution in [0.4, 0.5) is 23.0 Å². The Labute approximate surface area is 234 Å². The third-order valence-corrected chi connectivity index (χ3v) is 7.04. The van der Waals surface area contributed by atoms with Crippen LogP contribution in [0.2, 0.25) is 0 Å². The van der Waals surface area contributed by atoms with Gasteiger partial charge in [0.2, 0.25) is 0 Å². The Hall–Kier alpha value is -6.11. The highest BCUT2D eigenvalue weighted by atomic mass is 16.5. The lowest BCUT2D eigenvalue weighted by atomic mass is 9.83. The molecule has 0 atom stereocenters. The van der Waals surface area contributed by atoms with E-state index in [0.717, 1.165) is 0 Å². The number of nitrogens with one attached hydrogen (secondary N) is 4. The molecule has 210 valence electrons. The Morgan fingerprint density at radius 3 is 1.81 bits per heavy atom. The molecule has 1 aliphatic rings. The van der Waals surface area contributed by atoms with Gasteiger partial charge in [0.05, 0.1) is 24.2 Å². The van der Waals surface area contributed by atoms with E-state index in [-0.39, 0.29) is 40.0 Å². The van der Waals surface area contributed by atoms with Gasteiger partial charge in [0.15, 0.2) is 17.3 Å². The number of ether oxygens (including phenoxy) is 1. The van der Waals surface area contributed by atoms with Crippen LogP contribution in [0.1, 0.15) is 38.5 Å². The molecule has 0 radical (unpaired) electrons. The molecule has 3 aromatic carbocycles. The first kappa shape index (κ1) is 26.1. The molecule has 7 N–H and O–H groups in total. The minimum absolute atomic E-state index is 0.0181. The van der Waals surface area contributed by atoms with Gasteiger partial charge in [0.1, 0.15) is 11.6 Å². The molecule has 13 heteroatoms. The van der Waals surface area contributed by atoms with Crippen LogP contribution in [0.3, 0.4) is 0 Å². The van der Waals surface area contributed by atoms with Gasteiger partial charge in [-0.1, -0.05) is 6.07 Å². The number of aromatic hydroxyl groups is 1. The first-order valence-electron chi connectivity index (χ1n) is 12.6. The number of nitrogen functional groups attached to an aromatic ring is 1. The molecule has 0 aliphatic carbocycles. The van der Waals surface area contributed by atoms with Gasteiger partial charge in [-0.25, -0.2) is 9.59 Å². The molecule has 2 aromatic heterocycles. The summed E-state index contributed by atoms with van der Waals surface area (Å²) in [6.45, 7) is 0. The molecule has 42 heavy (non-hydrogen) atoms. The molecule has 13 nitrogen and oxygen atoms in total. The van der Waals surface area contributed by atoms with Crippen LogP contribution in [0.25, 0.3) is 0 Å². The van der Waals surface area contributed by atoms with Gasteiger partial charge in [-0.3, -0.25) is 39.2 Å². The van der Waals surface area contributed by atoms with E-state index in [2.05, 4.69) is 19.9 Å². The van der Waals surface area contributed by atoms with Gasteiger partial charge in [-0.2, -0.15) is 0 Å². The molecule has 0 fully saturated rings. The van der Waals surface area contributed by atoms with Gasteiger partial charge in [-0.05, 0) is 66.2 Å². The Kier molecular flexibility index (Phi) is 6.11. The number of carbonyl (C=O) groups excluding carboxylic acids is 1. The summed E-state index contributed by atoms with van der Waals surface area (Å²) in [4.78, 5) is 75.7. The first-order chi connectivity index (χ1) is 20.2. The molecule has 0 unspecified atom stereocenters. The summed E-state index contributed by atoms with van der Waals surface area (Å²) in [5.41, 5.74) is 4.36. The number of nitrogens with zero attached hydrogens (tertiary/aromatic N) is 1. The largest absolute Gasteiger partial charge is 0.504 e. The summed E-state index contributed by atoms with van der Waals surface area (Å²) in [6.07, 6.45) is 0. The van der Waals surface area contributed by atoms with Crippen molar-refractivity contribution in [3.05, 3.63) is 136 Å². The number of methoxy groups -OCH3 is 1. The summed E-state index contributed by atoms with van der Waals surface area (Å²) in [7, 11) is 1.37. The third-order valence-electron chi connectivity index (χ3n) is 7.04. The topological polar surface area (TPSA) is 207 Å². The predicted molar refractivity (Wildman–Crippen MR) is 153 cm³/mol. The van der Waals surface area contributed by atoms with Crippen molar-refractivity contribution in [3.8, 4) is 11.5 Å². The summed E-state index contributed by atoms with van der Waals surface area (Å²) in [5.74, 6) is -1.50. The highest BCUT2D eigenvalue weighted by Crippen LogP contribution is 2.47. The predicted octanol–water partition coefficient (Wildman–Crippen LogP) is 1.93. The van der Waals surface area contributed by atoms with E-state index in [1.807, 2.05) is 0 Å². The van der Waals surface area contributed by atoms with Crippen molar-refractivity contribution in [3.63, 3.8) is 0 Å². The number of hydrogen-bond acceptors (Lipinski definition) is 9. The minimum atomic E-state index is -1.12. The maximum Gasteiger partial charge on any atom is 0.327 e. The van der Waals surface area contributed by atoms with E-state index in [0.29, 0.717) is 28.1 Å². The summed E-state index contributed by atoms with van der Waals surface area (Å²) in [6, 6.07) is 17.0. The second kappa shape index (κ2) is 9.82. The number of aromatic amines is 4. The van der Waals surface area contributed by atoms with Crippen LogP contribution in [-0.4, -0.2) is 37.9 Å². The number of phenols is 1. The Morgan fingerprint density at radius 1 is 0.786 bits per heavy atom. The van der Waals surface area contributed by atoms with Crippen LogP contribution in [0.5, 0.6) is 11.5 Å². The highest BCUT2D eigenvalue weighted by molar-refractivity contribution is 6.09. The maximum absolute atomic E-state index is 13.3. The fourth-order valence-corrected chi connectivity index (χ4v) is 5.15. The van der Waals surface area contributed by atoms with Crippen LogP contribution < -0.4 is 37.9 Å². The number of H-pyrrole nitrogens is 4. The van der Waals surface area contributed by atoms with Gasteiger partial charge in [0.25, 0.3) is 11.1 Å². The molecule has 0 bridgehead atoms. The van der Waals surface area contributed by atoms with Crippen LogP contribution in [-0.2, 0) is 0 Å². The monoisotopic (exact) mass is 566 g/mol. The fraction of sp³-hybridized carbons (Fsp3) is 0.0690. The quantitative estimate of drug-likeness (QED) is 0.133. The van der Waals surface area contributed by atoms with Crippen LogP contribution in [0.15, 0.2) is 85.9 Å². The number of carbonyl (C=O) groups is 1. The van der Waals surface area contributed by atoms with Crippen molar-refractivity contribution in [1.82, 2.24) is 19.9 Å². The molecular formula is C29H22N6O7.